The van der Waals surface area contributed by atoms with Crippen molar-refractivity contribution in [2.45, 2.75) is 57.6 Å². The molecular weight excluding hydrogens is 216 g/mol. The second-order valence-corrected chi connectivity index (χ2v) is 5.97. The van der Waals surface area contributed by atoms with E-state index >= 15 is 0 Å². The van der Waals surface area contributed by atoms with Crippen molar-refractivity contribution in [2.24, 2.45) is 11.7 Å². The molecule has 4 heteroatoms. The van der Waals surface area contributed by atoms with Gasteiger partial charge in [-0.25, -0.2) is 0 Å². The molecule has 0 bridgehead atoms. The highest BCUT2D eigenvalue weighted by Gasteiger charge is 2.26. The molecule has 1 saturated carbocycles. The summed E-state index contributed by atoms with van der Waals surface area (Å²) < 4.78 is 0. The summed E-state index contributed by atoms with van der Waals surface area (Å²) in [6.45, 7) is 3.79. The van der Waals surface area contributed by atoms with Gasteiger partial charge in [0.05, 0.1) is 5.60 Å². The second kappa shape index (κ2) is 5.83. The van der Waals surface area contributed by atoms with Crippen LogP contribution < -0.4 is 5.73 Å². The van der Waals surface area contributed by atoms with E-state index < -0.39 is 5.60 Å². The van der Waals surface area contributed by atoms with Crippen molar-refractivity contribution in [3.05, 3.63) is 0 Å². The van der Waals surface area contributed by atoms with Crippen LogP contribution in [-0.4, -0.2) is 41.1 Å². The largest absolute Gasteiger partial charge is 0.389 e. The lowest BCUT2D eigenvalue weighted by molar-refractivity contribution is -0.133. The van der Waals surface area contributed by atoms with E-state index in [1.165, 1.54) is 12.8 Å². The molecule has 2 unspecified atom stereocenters. The van der Waals surface area contributed by atoms with Crippen LogP contribution in [0.1, 0.15) is 46.0 Å². The number of amides is 1. The van der Waals surface area contributed by atoms with Crippen LogP contribution in [-0.2, 0) is 4.79 Å². The number of aliphatic hydroxyl groups is 1. The van der Waals surface area contributed by atoms with E-state index in [2.05, 4.69) is 0 Å². The molecule has 2 atom stereocenters. The number of carbonyl (C=O) groups is 1. The van der Waals surface area contributed by atoms with Gasteiger partial charge in [0.1, 0.15) is 0 Å². The average Bonchev–Trinajstić information content (AvgIpc) is 2.18. The third kappa shape index (κ3) is 5.04. The predicted molar refractivity (Wildman–Crippen MR) is 68.5 cm³/mol. The van der Waals surface area contributed by atoms with Gasteiger partial charge in [-0.15, -0.1) is 0 Å². The number of rotatable bonds is 4. The Kier molecular flexibility index (Phi) is 4.95. The van der Waals surface area contributed by atoms with Gasteiger partial charge < -0.3 is 15.7 Å². The first-order valence-corrected chi connectivity index (χ1v) is 6.51. The smallest absolute Gasteiger partial charge is 0.222 e. The standard InChI is InChI=1S/C13H26N2O2/c1-13(2,17)9-15(3)12(16)8-10-6-4-5-7-11(10)14/h10-11,17H,4-9,14H2,1-3H3. The van der Waals surface area contributed by atoms with E-state index in [4.69, 9.17) is 5.73 Å². The maximum Gasteiger partial charge on any atom is 0.222 e. The summed E-state index contributed by atoms with van der Waals surface area (Å²) >= 11 is 0. The molecule has 0 aliphatic heterocycles. The molecule has 3 N–H and O–H groups in total. The molecule has 0 heterocycles. The van der Waals surface area contributed by atoms with Gasteiger partial charge in [0, 0.05) is 26.1 Å². The molecule has 1 aliphatic carbocycles. The second-order valence-electron chi connectivity index (χ2n) is 5.97. The van der Waals surface area contributed by atoms with E-state index in [-0.39, 0.29) is 11.9 Å². The Morgan fingerprint density at radius 3 is 2.53 bits per heavy atom. The molecule has 100 valence electrons. The molecule has 1 fully saturated rings. The minimum atomic E-state index is -0.834. The summed E-state index contributed by atoms with van der Waals surface area (Å²) in [6.07, 6.45) is 4.98. The highest BCUT2D eigenvalue weighted by Crippen LogP contribution is 2.26. The van der Waals surface area contributed by atoms with Crippen molar-refractivity contribution < 1.29 is 9.90 Å². The van der Waals surface area contributed by atoms with Gasteiger partial charge in [-0.05, 0) is 32.6 Å². The van der Waals surface area contributed by atoms with Crippen molar-refractivity contribution in [3.8, 4) is 0 Å². The van der Waals surface area contributed by atoms with Crippen molar-refractivity contribution in [1.82, 2.24) is 4.90 Å². The lowest BCUT2D eigenvalue weighted by Crippen LogP contribution is -2.42. The molecule has 4 nitrogen and oxygen atoms in total. The number of hydrogen-bond acceptors (Lipinski definition) is 3. The van der Waals surface area contributed by atoms with Crippen molar-refractivity contribution >= 4 is 5.91 Å². The maximum absolute atomic E-state index is 12.0. The van der Waals surface area contributed by atoms with Gasteiger partial charge in [0.15, 0.2) is 0 Å². The molecule has 1 aliphatic rings. The first-order chi connectivity index (χ1) is 7.79. The van der Waals surface area contributed by atoms with E-state index in [0.717, 1.165) is 12.8 Å². The zero-order valence-electron chi connectivity index (χ0n) is 11.3. The molecule has 0 saturated heterocycles. The Morgan fingerprint density at radius 2 is 2.00 bits per heavy atom. The summed E-state index contributed by atoms with van der Waals surface area (Å²) in [7, 11) is 1.74. The van der Waals surface area contributed by atoms with Crippen molar-refractivity contribution in [1.29, 1.82) is 0 Å². The lowest BCUT2D eigenvalue weighted by atomic mass is 9.82. The molecule has 0 aromatic rings. The van der Waals surface area contributed by atoms with Crippen LogP contribution in [0.3, 0.4) is 0 Å². The van der Waals surface area contributed by atoms with Gasteiger partial charge in [-0.3, -0.25) is 4.79 Å². The molecule has 1 rings (SSSR count). The zero-order valence-corrected chi connectivity index (χ0v) is 11.3. The monoisotopic (exact) mass is 242 g/mol. The van der Waals surface area contributed by atoms with E-state index in [0.29, 0.717) is 18.9 Å². The quantitative estimate of drug-likeness (QED) is 0.776. The third-order valence-corrected chi connectivity index (χ3v) is 3.45. The van der Waals surface area contributed by atoms with Gasteiger partial charge in [0.2, 0.25) is 5.91 Å². The topological polar surface area (TPSA) is 66.6 Å². The fraction of sp³-hybridized carbons (Fsp3) is 0.923. The SMILES string of the molecule is CN(CC(C)(C)O)C(=O)CC1CCCCC1N. The fourth-order valence-electron chi connectivity index (χ4n) is 2.54. The Hall–Kier alpha value is -0.610. The van der Waals surface area contributed by atoms with E-state index in [9.17, 15) is 9.90 Å². The predicted octanol–water partition coefficient (Wildman–Crippen LogP) is 1.12. The molecular formula is C13H26N2O2. The Morgan fingerprint density at radius 1 is 1.41 bits per heavy atom. The maximum atomic E-state index is 12.0. The summed E-state index contributed by atoms with van der Waals surface area (Å²) in [4.78, 5) is 13.6. The van der Waals surface area contributed by atoms with E-state index in [1.54, 1.807) is 25.8 Å². The van der Waals surface area contributed by atoms with Crippen LogP contribution >= 0.6 is 0 Å². The van der Waals surface area contributed by atoms with Crippen LogP contribution in [0.5, 0.6) is 0 Å². The Labute approximate surface area is 104 Å². The number of nitrogens with zero attached hydrogens (tertiary/aromatic N) is 1. The average molecular weight is 242 g/mol. The molecule has 0 radical (unpaired) electrons. The van der Waals surface area contributed by atoms with Gasteiger partial charge in [-0.2, -0.15) is 0 Å². The van der Waals surface area contributed by atoms with Crippen LogP contribution in [0.15, 0.2) is 0 Å². The highest BCUT2D eigenvalue weighted by atomic mass is 16.3. The third-order valence-electron chi connectivity index (χ3n) is 3.45. The van der Waals surface area contributed by atoms with Crippen LogP contribution in [0.2, 0.25) is 0 Å². The van der Waals surface area contributed by atoms with Crippen LogP contribution in [0.4, 0.5) is 0 Å². The van der Waals surface area contributed by atoms with Gasteiger partial charge in [-0.1, -0.05) is 12.8 Å². The number of hydrogen-bond donors (Lipinski definition) is 2. The molecule has 0 spiro atoms. The van der Waals surface area contributed by atoms with Gasteiger partial charge >= 0.3 is 0 Å². The highest BCUT2D eigenvalue weighted by molar-refractivity contribution is 5.76. The minimum absolute atomic E-state index is 0.0921. The zero-order chi connectivity index (χ0) is 13.1. The normalized spacial score (nSPS) is 25.7. The Bertz CT molecular complexity index is 261. The van der Waals surface area contributed by atoms with Gasteiger partial charge in [0.25, 0.3) is 0 Å². The summed E-state index contributed by atoms with van der Waals surface area (Å²) in [6, 6.07) is 0.170. The molecule has 1 amide bonds. The van der Waals surface area contributed by atoms with E-state index in [1.807, 2.05) is 0 Å². The first-order valence-electron chi connectivity index (χ1n) is 6.51. The summed E-state index contributed by atoms with van der Waals surface area (Å²) in [5.74, 6) is 0.412. The number of nitrogens with two attached hydrogens (primary N) is 1. The molecule has 17 heavy (non-hydrogen) atoms. The molecule has 0 aromatic carbocycles. The minimum Gasteiger partial charge on any atom is -0.389 e. The van der Waals surface area contributed by atoms with Crippen molar-refractivity contribution in [2.75, 3.05) is 13.6 Å². The number of carbonyl (C=O) groups excluding carboxylic acids is 1. The Balaban J connectivity index is 2.42. The van der Waals surface area contributed by atoms with Crippen LogP contribution in [0.25, 0.3) is 0 Å². The first kappa shape index (κ1) is 14.5. The van der Waals surface area contributed by atoms with Crippen molar-refractivity contribution in [3.63, 3.8) is 0 Å². The van der Waals surface area contributed by atoms with Crippen LogP contribution in [0, 0.1) is 5.92 Å². The molecule has 0 aromatic heterocycles. The lowest BCUT2D eigenvalue weighted by Gasteiger charge is -2.31. The summed E-state index contributed by atoms with van der Waals surface area (Å²) in [5.41, 5.74) is 5.20. The summed E-state index contributed by atoms with van der Waals surface area (Å²) in [5, 5.41) is 9.68. The fourth-order valence-corrected chi connectivity index (χ4v) is 2.54. The number of likely N-dealkylation sites (N-methyl/N-ethyl adjacent to an activating group) is 1.